The Morgan fingerprint density at radius 3 is 0.676 bits per heavy atom. The Bertz CT molecular complexity index is 1510. The lowest BCUT2D eigenvalue weighted by Crippen LogP contribution is -2.40. The van der Waals surface area contributed by atoms with Gasteiger partial charge in [0.1, 0.15) is 33.6 Å². The lowest BCUT2D eigenvalue weighted by molar-refractivity contribution is 0.0207. The second-order valence-corrected chi connectivity index (χ2v) is 24.8. The molecule has 0 unspecified atom stereocenters. The predicted molar refractivity (Wildman–Crippen MR) is 292 cm³/mol. The Morgan fingerprint density at radius 2 is 0.459 bits per heavy atom. The number of hydrogen-bond donors (Lipinski definition) is 4. The van der Waals surface area contributed by atoms with Gasteiger partial charge in [0.15, 0.2) is 0 Å². The van der Waals surface area contributed by atoms with Crippen LogP contribution in [-0.4, -0.2) is 181 Å². The summed E-state index contributed by atoms with van der Waals surface area (Å²) in [6.07, 6.45) is 4.51. The number of alkyl carbamates (subject to hydrolysis) is 2. The summed E-state index contributed by atoms with van der Waals surface area (Å²) >= 11 is 0. The van der Waals surface area contributed by atoms with Gasteiger partial charge in [-0.1, -0.05) is 0 Å². The van der Waals surface area contributed by atoms with Crippen molar-refractivity contribution in [3.05, 3.63) is 0 Å². The molecule has 20 nitrogen and oxygen atoms in total. The number of amides is 6. The van der Waals surface area contributed by atoms with E-state index in [0.717, 1.165) is 51.9 Å². The normalized spacial score (nSPS) is 12.3. The monoisotopic (exact) mass is 1060 g/mol. The van der Waals surface area contributed by atoms with Gasteiger partial charge in [0.05, 0.1) is 0 Å². The number of carbonyl (C=O) groups is 6. The first-order chi connectivity index (χ1) is 34.0. The molecule has 0 bridgehead atoms. The summed E-state index contributed by atoms with van der Waals surface area (Å²) in [5.74, 6) is 0. The topological polar surface area (TPSA) is 219 Å². The molecule has 0 aliphatic heterocycles. The Hall–Kier alpha value is -4.46. The van der Waals surface area contributed by atoms with E-state index in [-0.39, 0.29) is 12.2 Å². The minimum Gasteiger partial charge on any atom is -0.444 e. The first-order valence-electron chi connectivity index (χ1n) is 27.2. The van der Waals surface area contributed by atoms with Gasteiger partial charge in [-0.2, -0.15) is 0 Å². The van der Waals surface area contributed by atoms with Gasteiger partial charge in [-0.05, 0) is 215 Å². The molecule has 0 rings (SSSR count). The maximum absolute atomic E-state index is 13.2. The molecular weight excluding hydrogens is 953 g/mol. The van der Waals surface area contributed by atoms with Crippen molar-refractivity contribution >= 4 is 36.6 Å². The van der Waals surface area contributed by atoms with Crippen LogP contribution < -0.4 is 21.3 Å². The van der Waals surface area contributed by atoms with Gasteiger partial charge < -0.3 is 69.3 Å². The maximum Gasteiger partial charge on any atom is 0.410 e. The number of ether oxygens (including phenoxy) is 6. The summed E-state index contributed by atoms with van der Waals surface area (Å²) in [6.45, 7) is 40.4. The second kappa shape index (κ2) is 34.3. The van der Waals surface area contributed by atoms with E-state index in [1.54, 1.807) is 61.1 Å². The summed E-state index contributed by atoms with van der Waals surface area (Å²) in [7, 11) is 0. The van der Waals surface area contributed by atoms with Crippen LogP contribution in [-0.2, 0) is 28.4 Å². The zero-order valence-corrected chi connectivity index (χ0v) is 49.7. The van der Waals surface area contributed by atoms with Crippen LogP contribution in [0.25, 0.3) is 0 Å². The lowest BCUT2D eigenvalue weighted by atomic mass is 10.2. The van der Waals surface area contributed by atoms with Gasteiger partial charge >= 0.3 is 36.6 Å². The first kappa shape index (κ1) is 69.5. The van der Waals surface area contributed by atoms with Crippen molar-refractivity contribution in [1.82, 2.24) is 40.9 Å². The Labute approximate surface area is 447 Å². The van der Waals surface area contributed by atoms with Crippen LogP contribution in [0.15, 0.2) is 0 Å². The second-order valence-electron chi connectivity index (χ2n) is 24.8. The van der Waals surface area contributed by atoms with Crippen molar-refractivity contribution in [2.24, 2.45) is 0 Å². The summed E-state index contributed by atoms with van der Waals surface area (Å²) in [5, 5.41) is 12.5. The van der Waals surface area contributed by atoms with Gasteiger partial charge in [0, 0.05) is 65.4 Å². The average Bonchev–Trinajstić information content (AvgIpc) is 3.19. The average molecular weight is 1060 g/mol. The van der Waals surface area contributed by atoms with E-state index in [0.29, 0.717) is 104 Å². The van der Waals surface area contributed by atoms with Gasteiger partial charge in [-0.3, -0.25) is 0 Å². The van der Waals surface area contributed by atoms with Crippen LogP contribution in [0.3, 0.4) is 0 Å². The van der Waals surface area contributed by atoms with Gasteiger partial charge in [-0.15, -0.1) is 0 Å². The highest BCUT2D eigenvalue weighted by Crippen LogP contribution is 2.16. The molecule has 0 saturated heterocycles. The van der Waals surface area contributed by atoms with Crippen molar-refractivity contribution in [2.75, 3.05) is 91.6 Å². The number of hydrogen-bond acceptors (Lipinski definition) is 14. The van der Waals surface area contributed by atoms with Crippen molar-refractivity contribution in [3.63, 3.8) is 0 Å². The van der Waals surface area contributed by atoms with E-state index in [9.17, 15) is 28.8 Å². The smallest absolute Gasteiger partial charge is 0.410 e. The zero-order valence-electron chi connectivity index (χ0n) is 49.7. The van der Waals surface area contributed by atoms with E-state index in [2.05, 4.69) is 21.3 Å². The van der Waals surface area contributed by atoms with E-state index < -0.39 is 58.0 Å². The molecule has 434 valence electrons. The summed E-state index contributed by atoms with van der Waals surface area (Å²) < 4.78 is 33.4. The van der Waals surface area contributed by atoms with Gasteiger partial charge in [0.25, 0.3) is 0 Å². The highest BCUT2D eigenvalue weighted by molar-refractivity contribution is 5.70. The largest absolute Gasteiger partial charge is 0.444 e. The third-order valence-corrected chi connectivity index (χ3v) is 9.89. The highest BCUT2D eigenvalue weighted by atomic mass is 16.6. The standard InChI is InChI=1S/C54H106N8O12/c1-49(2,3)69-43(63)57-33-27-41-61(47(67)73-53(13,14)15)37-23-21-35-59(45(65)71-51(7,8)9)39-25-31-55-29-19-20-30-56-32-26-40-60(46(66)72-52(10,11)12)36-22-24-38-62(48(68)74-54(16,17)18)42-28-34-58-44(64)70-50(4,5)6/h55-56H,19-42H2,1-18H3,(H,57,63)(H,58,64). The molecule has 6 amide bonds. The van der Waals surface area contributed by atoms with Gasteiger partial charge in [-0.25, -0.2) is 28.8 Å². The summed E-state index contributed by atoms with van der Waals surface area (Å²) in [6, 6.07) is 0. The Morgan fingerprint density at radius 1 is 0.270 bits per heavy atom. The molecule has 74 heavy (non-hydrogen) atoms. The fraction of sp³-hybridized carbons (Fsp3) is 0.889. The number of carbonyl (C=O) groups excluding carboxylic acids is 6. The fourth-order valence-corrected chi connectivity index (χ4v) is 6.78. The SMILES string of the molecule is CC(C)(C)OC(=O)NCCCN(CCCCN(CCCNCCCCNCCCN(CCCCN(CCCNC(=O)OC(C)(C)C)C(=O)OC(C)(C)C)C(=O)OC(C)(C)C)C(=O)OC(C)(C)C)C(=O)OC(C)(C)C. The van der Waals surface area contributed by atoms with Crippen LogP contribution >= 0.6 is 0 Å². The minimum absolute atomic E-state index is 0.344. The van der Waals surface area contributed by atoms with Crippen LogP contribution in [0.5, 0.6) is 0 Å². The van der Waals surface area contributed by atoms with Gasteiger partial charge in [0.2, 0.25) is 0 Å². The quantitative estimate of drug-likeness (QED) is 0.0375. The van der Waals surface area contributed by atoms with E-state index in [1.807, 2.05) is 83.1 Å². The zero-order chi connectivity index (χ0) is 56.8. The lowest BCUT2D eigenvalue weighted by Gasteiger charge is -2.29. The van der Waals surface area contributed by atoms with Crippen molar-refractivity contribution in [3.8, 4) is 0 Å². The Balaban J connectivity index is 4.96. The van der Waals surface area contributed by atoms with E-state index >= 15 is 0 Å². The molecule has 20 heteroatoms. The van der Waals surface area contributed by atoms with Crippen LogP contribution in [0.2, 0.25) is 0 Å². The van der Waals surface area contributed by atoms with Crippen molar-refractivity contribution < 1.29 is 57.2 Å². The highest BCUT2D eigenvalue weighted by Gasteiger charge is 2.27. The molecule has 0 heterocycles. The first-order valence-corrected chi connectivity index (χ1v) is 27.2. The van der Waals surface area contributed by atoms with E-state index in [1.165, 1.54) is 0 Å². The van der Waals surface area contributed by atoms with Crippen molar-refractivity contribution in [1.29, 1.82) is 0 Å². The van der Waals surface area contributed by atoms with Crippen LogP contribution in [0.1, 0.15) is 189 Å². The molecular formula is C54H106N8O12. The third kappa shape index (κ3) is 41.8. The predicted octanol–water partition coefficient (Wildman–Crippen LogP) is 10.1. The number of nitrogens with zero attached hydrogens (tertiary/aromatic N) is 4. The van der Waals surface area contributed by atoms with Crippen LogP contribution in [0, 0.1) is 0 Å². The molecule has 0 aromatic rings. The summed E-state index contributed by atoms with van der Waals surface area (Å²) in [5.41, 5.74) is -3.80. The molecule has 0 radical (unpaired) electrons. The molecule has 0 aliphatic carbocycles. The molecule has 0 aromatic carbocycles. The molecule has 0 aliphatic rings. The number of nitrogens with one attached hydrogen (secondary N) is 4. The van der Waals surface area contributed by atoms with Crippen molar-refractivity contribution in [2.45, 2.75) is 222 Å². The number of unbranched alkanes of at least 4 members (excludes halogenated alkanes) is 3. The van der Waals surface area contributed by atoms with Crippen LogP contribution in [0.4, 0.5) is 28.8 Å². The molecule has 0 atom stereocenters. The van der Waals surface area contributed by atoms with E-state index in [4.69, 9.17) is 28.4 Å². The molecule has 0 spiro atoms. The third-order valence-electron chi connectivity index (χ3n) is 9.89. The maximum atomic E-state index is 13.2. The molecule has 4 N–H and O–H groups in total. The summed E-state index contributed by atoms with van der Waals surface area (Å²) in [4.78, 5) is 83.5. The Kier molecular flexibility index (Phi) is 32.2. The molecule has 0 saturated carbocycles. The molecule has 0 aromatic heterocycles. The number of rotatable bonds is 31. The minimum atomic E-state index is -0.659. The molecule has 0 fully saturated rings. The fourth-order valence-electron chi connectivity index (χ4n) is 6.78.